The molecule has 122 valence electrons. The number of hydrogen-bond donors (Lipinski definition) is 3. The third-order valence-corrected chi connectivity index (χ3v) is 4.60. The summed E-state index contributed by atoms with van der Waals surface area (Å²) in [5.41, 5.74) is 6.10. The highest BCUT2D eigenvalue weighted by molar-refractivity contribution is 7.89. The van der Waals surface area contributed by atoms with Crippen molar-refractivity contribution in [1.29, 1.82) is 0 Å². The number of primary amides is 1. The second kappa shape index (κ2) is 6.23. The Labute approximate surface area is 133 Å². The SMILES string of the molecule is CNS(=O)(=O)c1cc(C(=O)Nc2ccc(C(N)=O)cc2)n(C)c1. The standard InChI is InChI=1S/C14H16N4O4S/c1-16-23(21,22)11-7-12(18(2)8-11)14(20)17-10-5-3-9(4-6-10)13(15)19/h3-8,16H,1-2H3,(H2,15,19)(H,17,20). The van der Waals surface area contributed by atoms with E-state index in [4.69, 9.17) is 5.73 Å². The molecule has 0 aliphatic heterocycles. The molecular formula is C14H16N4O4S. The average Bonchev–Trinajstić information content (AvgIpc) is 2.90. The zero-order valence-electron chi connectivity index (χ0n) is 12.5. The van der Waals surface area contributed by atoms with Gasteiger partial charge < -0.3 is 15.6 Å². The van der Waals surface area contributed by atoms with Crippen molar-refractivity contribution in [3.8, 4) is 0 Å². The normalized spacial score (nSPS) is 11.2. The van der Waals surface area contributed by atoms with E-state index in [0.29, 0.717) is 11.3 Å². The van der Waals surface area contributed by atoms with Gasteiger partial charge in [0.05, 0.1) is 0 Å². The first-order valence-electron chi connectivity index (χ1n) is 6.55. The molecule has 1 heterocycles. The van der Waals surface area contributed by atoms with Crippen molar-refractivity contribution in [2.45, 2.75) is 4.90 Å². The van der Waals surface area contributed by atoms with Crippen molar-refractivity contribution in [3.63, 3.8) is 0 Å². The first-order chi connectivity index (χ1) is 10.7. The molecule has 0 unspecified atom stereocenters. The summed E-state index contributed by atoms with van der Waals surface area (Å²) in [7, 11) is -0.760. The number of nitrogens with zero attached hydrogens (tertiary/aromatic N) is 1. The minimum absolute atomic E-state index is 0.00303. The fourth-order valence-corrected chi connectivity index (χ4v) is 2.74. The largest absolute Gasteiger partial charge is 0.366 e. The minimum Gasteiger partial charge on any atom is -0.366 e. The van der Waals surface area contributed by atoms with Crippen LogP contribution < -0.4 is 15.8 Å². The summed E-state index contributed by atoms with van der Waals surface area (Å²) in [4.78, 5) is 23.2. The number of nitrogens with one attached hydrogen (secondary N) is 2. The van der Waals surface area contributed by atoms with E-state index < -0.39 is 21.8 Å². The highest BCUT2D eigenvalue weighted by atomic mass is 32.2. The zero-order chi connectivity index (χ0) is 17.2. The van der Waals surface area contributed by atoms with Gasteiger partial charge in [-0.3, -0.25) is 9.59 Å². The molecule has 1 aromatic carbocycles. The molecule has 1 aromatic heterocycles. The quantitative estimate of drug-likeness (QED) is 0.726. The van der Waals surface area contributed by atoms with E-state index in [-0.39, 0.29) is 10.6 Å². The predicted molar refractivity (Wildman–Crippen MR) is 84.6 cm³/mol. The van der Waals surface area contributed by atoms with Gasteiger partial charge in [0, 0.05) is 24.5 Å². The fraction of sp³-hybridized carbons (Fsp3) is 0.143. The Hall–Kier alpha value is -2.65. The summed E-state index contributed by atoms with van der Waals surface area (Å²) >= 11 is 0. The smallest absolute Gasteiger partial charge is 0.272 e. The van der Waals surface area contributed by atoms with Crippen LogP contribution in [-0.4, -0.2) is 31.8 Å². The number of carbonyl (C=O) groups excluding carboxylic acids is 2. The third-order valence-electron chi connectivity index (χ3n) is 3.22. The number of hydrogen-bond acceptors (Lipinski definition) is 4. The average molecular weight is 336 g/mol. The molecule has 8 nitrogen and oxygen atoms in total. The van der Waals surface area contributed by atoms with E-state index in [1.54, 1.807) is 7.05 Å². The Bertz CT molecular complexity index is 853. The second-order valence-corrected chi connectivity index (χ2v) is 6.66. The Balaban J connectivity index is 2.23. The Morgan fingerprint density at radius 2 is 1.78 bits per heavy atom. The summed E-state index contributed by atoms with van der Waals surface area (Å²) in [5.74, 6) is -1.04. The molecule has 2 rings (SSSR count). The summed E-state index contributed by atoms with van der Waals surface area (Å²) in [6, 6.07) is 7.32. The molecule has 23 heavy (non-hydrogen) atoms. The number of sulfonamides is 1. The highest BCUT2D eigenvalue weighted by Gasteiger charge is 2.19. The topological polar surface area (TPSA) is 123 Å². The number of nitrogens with two attached hydrogens (primary N) is 1. The van der Waals surface area contributed by atoms with Crippen LogP contribution in [0, 0.1) is 0 Å². The number of rotatable bonds is 5. The number of aromatic nitrogens is 1. The maximum atomic E-state index is 12.2. The van der Waals surface area contributed by atoms with Gasteiger partial charge in [0.15, 0.2) is 0 Å². The summed E-state index contributed by atoms with van der Waals surface area (Å²) in [6.07, 6.45) is 1.34. The van der Waals surface area contributed by atoms with E-state index >= 15 is 0 Å². The summed E-state index contributed by atoms with van der Waals surface area (Å²) < 4.78 is 27.1. The molecule has 0 spiro atoms. The molecule has 0 radical (unpaired) electrons. The maximum absolute atomic E-state index is 12.2. The third kappa shape index (κ3) is 3.58. The van der Waals surface area contributed by atoms with Gasteiger partial charge in [-0.15, -0.1) is 0 Å². The van der Waals surface area contributed by atoms with Crippen molar-refractivity contribution in [3.05, 3.63) is 47.8 Å². The van der Waals surface area contributed by atoms with E-state index in [9.17, 15) is 18.0 Å². The Morgan fingerprint density at radius 1 is 1.17 bits per heavy atom. The van der Waals surface area contributed by atoms with Crippen molar-refractivity contribution < 1.29 is 18.0 Å². The van der Waals surface area contributed by atoms with Gasteiger partial charge in [-0.25, -0.2) is 13.1 Å². The van der Waals surface area contributed by atoms with Crippen LogP contribution in [0.15, 0.2) is 41.4 Å². The second-order valence-electron chi connectivity index (χ2n) is 4.78. The van der Waals surface area contributed by atoms with Gasteiger partial charge in [0.25, 0.3) is 5.91 Å². The molecular weight excluding hydrogens is 320 g/mol. The molecule has 0 fully saturated rings. The van der Waals surface area contributed by atoms with Crippen molar-refractivity contribution >= 4 is 27.5 Å². The lowest BCUT2D eigenvalue weighted by molar-refractivity contribution is 0.0997. The highest BCUT2D eigenvalue weighted by Crippen LogP contribution is 2.16. The monoisotopic (exact) mass is 336 g/mol. The van der Waals surface area contributed by atoms with Crippen molar-refractivity contribution in [1.82, 2.24) is 9.29 Å². The van der Waals surface area contributed by atoms with E-state index in [2.05, 4.69) is 10.0 Å². The van der Waals surface area contributed by atoms with Gasteiger partial charge in [0.1, 0.15) is 10.6 Å². The van der Waals surface area contributed by atoms with E-state index in [0.717, 1.165) is 0 Å². The fourth-order valence-electron chi connectivity index (χ4n) is 1.94. The molecule has 0 saturated carbocycles. The maximum Gasteiger partial charge on any atom is 0.272 e. The van der Waals surface area contributed by atoms with Gasteiger partial charge in [-0.2, -0.15) is 0 Å². The molecule has 0 bridgehead atoms. The number of amides is 2. The van der Waals surface area contributed by atoms with Gasteiger partial charge in [0.2, 0.25) is 15.9 Å². The Morgan fingerprint density at radius 3 is 2.30 bits per heavy atom. The number of carbonyl (C=O) groups is 2. The van der Waals surface area contributed by atoms with Crippen molar-refractivity contribution in [2.75, 3.05) is 12.4 Å². The van der Waals surface area contributed by atoms with E-state index in [1.807, 2.05) is 0 Å². The first kappa shape index (κ1) is 16.7. The van der Waals surface area contributed by atoms with Crippen LogP contribution in [0.2, 0.25) is 0 Å². The molecule has 9 heteroatoms. The Kier molecular flexibility index (Phi) is 4.52. The van der Waals surface area contributed by atoms with Gasteiger partial charge in [-0.1, -0.05) is 0 Å². The van der Waals surface area contributed by atoms with Crippen LogP contribution in [0.4, 0.5) is 5.69 Å². The van der Waals surface area contributed by atoms with Gasteiger partial charge >= 0.3 is 0 Å². The number of anilines is 1. The molecule has 4 N–H and O–H groups in total. The molecule has 0 aliphatic carbocycles. The van der Waals surface area contributed by atoms with Gasteiger partial charge in [-0.05, 0) is 37.4 Å². The van der Waals surface area contributed by atoms with Crippen molar-refractivity contribution in [2.24, 2.45) is 12.8 Å². The zero-order valence-corrected chi connectivity index (χ0v) is 13.3. The lowest BCUT2D eigenvalue weighted by atomic mass is 10.2. The molecule has 2 aromatic rings. The summed E-state index contributed by atoms with van der Waals surface area (Å²) in [6.45, 7) is 0. The van der Waals surface area contributed by atoms with Crippen LogP contribution in [0.5, 0.6) is 0 Å². The van der Waals surface area contributed by atoms with Crippen LogP contribution in [0.25, 0.3) is 0 Å². The van der Waals surface area contributed by atoms with E-state index in [1.165, 1.54) is 48.1 Å². The predicted octanol–water partition coefficient (Wildman–Crippen LogP) is 0.284. The summed E-state index contributed by atoms with van der Waals surface area (Å²) in [5, 5.41) is 2.62. The molecule has 0 aliphatic rings. The lowest BCUT2D eigenvalue weighted by Gasteiger charge is -2.06. The van der Waals surface area contributed by atoms with Crippen LogP contribution in [-0.2, 0) is 17.1 Å². The number of benzene rings is 1. The minimum atomic E-state index is -3.62. The lowest BCUT2D eigenvalue weighted by Crippen LogP contribution is -2.18. The van der Waals surface area contributed by atoms with Crippen LogP contribution in [0.3, 0.4) is 0 Å². The molecule has 2 amide bonds. The molecule has 0 saturated heterocycles. The number of aryl methyl sites for hydroxylation is 1. The van der Waals surface area contributed by atoms with Crippen LogP contribution in [0.1, 0.15) is 20.8 Å². The first-order valence-corrected chi connectivity index (χ1v) is 8.04. The van der Waals surface area contributed by atoms with Crippen LogP contribution >= 0.6 is 0 Å². The molecule has 0 atom stereocenters.